The van der Waals surface area contributed by atoms with Crippen molar-refractivity contribution in [2.45, 2.75) is 19.4 Å². The van der Waals surface area contributed by atoms with Crippen LogP contribution in [0, 0.1) is 6.92 Å². The molecule has 106 valence electrons. The fourth-order valence-electron chi connectivity index (χ4n) is 1.99. The molecule has 1 atom stereocenters. The second kappa shape index (κ2) is 6.61. The molecule has 0 radical (unpaired) electrons. The van der Waals surface area contributed by atoms with E-state index in [1.54, 1.807) is 7.11 Å². The Bertz CT molecular complexity index is 613. The van der Waals surface area contributed by atoms with Gasteiger partial charge in [0, 0.05) is 11.4 Å². The first kappa shape index (κ1) is 15.4. The fraction of sp³-hybridized carbons (Fsp3) is 0.250. The number of rotatable bonds is 4. The van der Waals surface area contributed by atoms with Crippen LogP contribution in [0.25, 0.3) is 0 Å². The number of ether oxygens (including phenoxy) is 1. The van der Waals surface area contributed by atoms with Crippen LogP contribution < -0.4 is 4.74 Å². The van der Waals surface area contributed by atoms with Crippen LogP contribution in [0.5, 0.6) is 5.75 Å². The third kappa shape index (κ3) is 3.54. The van der Waals surface area contributed by atoms with E-state index in [-0.39, 0.29) is 0 Å². The summed E-state index contributed by atoms with van der Waals surface area (Å²) in [5.41, 5.74) is 2.87. The highest BCUT2D eigenvalue weighted by atomic mass is 79.9. The standard InChI is InChI=1S/C16H16BrClO2/c1-10-3-5-12(9-14(10)18)15(19)8-11-4-6-16(20-2)13(17)7-11/h3-7,9,15,19H,8H2,1-2H3. The number of aliphatic hydroxyl groups excluding tert-OH is 1. The van der Waals surface area contributed by atoms with Crippen LogP contribution in [0.3, 0.4) is 0 Å². The average molecular weight is 356 g/mol. The minimum absolute atomic E-state index is 0.530. The average Bonchev–Trinajstić information content (AvgIpc) is 2.42. The van der Waals surface area contributed by atoms with Crippen LogP contribution in [0.4, 0.5) is 0 Å². The summed E-state index contributed by atoms with van der Waals surface area (Å²) in [6.07, 6.45) is -0.0458. The third-order valence-electron chi connectivity index (χ3n) is 3.23. The number of hydrogen-bond donors (Lipinski definition) is 1. The van der Waals surface area contributed by atoms with Crippen molar-refractivity contribution in [3.05, 3.63) is 62.6 Å². The normalized spacial score (nSPS) is 12.2. The van der Waals surface area contributed by atoms with E-state index < -0.39 is 6.10 Å². The molecule has 0 saturated heterocycles. The zero-order valence-electron chi connectivity index (χ0n) is 11.4. The SMILES string of the molecule is COc1ccc(CC(O)c2ccc(C)c(Cl)c2)cc1Br. The molecular formula is C16H16BrClO2. The number of aliphatic hydroxyl groups is 1. The summed E-state index contributed by atoms with van der Waals surface area (Å²) in [5.74, 6) is 0.779. The lowest BCUT2D eigenvalue weighted by atomic mass is 10.0. The van der Waals surface area contributed by atoms with Gasteiger partial charge in [0.05, 0.1) is 17.7 Å². The Morgan fingerprint density at radius 3 is 2.60 bits per heavy atom. The van der Waals surface area contributed by atoms with Gasteiger partial charge in [0.25, 0.3) is 0 Å². The maximum absolute atomic E-state index is 10.3. The van der Waals surface area contributed by atoms with E-state index in [0.717, 1.165) is 26.9 Å². The Hall–Kier alpha value is -1.03. The van der Waals surface area contributed by atoms with Crippen LogP contribution in [0.2, 0.25) is 5.02 Å². The minimum atomic E-state index is -0.576. The fourth-order valence-corrected chi connectivity index (χ4v) is 2.77. The van der Waals surface area contributed by atoms with E-state index in [1.165, 1.54) is 0 Å². The molecule has 1 unspecified atom stereocenters. The summed E-state index contributed by atoms with van der Waals surface area (Å²) < 4.78 is 6.07. The Balaban J connectivity index is 2.16. The van der Waals surface area contributed by atoms with Gasteiger partial charge in [-0.3, -0.25) is 0 Å². The van der Waals surface area contributed by atoms with Crippen molar-refractivity contribution in [3.8, 4) is 5.75 Å². The maximum atomic E-state index is 10.3. The predicted octanol–water partition coefficient (Wildman–Crippen LogP) is 4.70. The van der Waals surface area contributed by atoms with Gasteiger partial charge in [-0.2, -0.15) is 0 Å². The summed E-state index contributed by atoms with van der Waals surface area (Å²) in [4.78, 5) is 0. The molecule has 0 saturated carbocycles. The molecule has 0 aliphatic carbocycles. The van der Waals surface area contributed by atoms with Gasteiger partial charge in [-0.15, -0.1) is 0 Å². The zero-order chi connectivity index (χ0) is 14.7. The Kier molecular flexibility index (Phi) is 5.08. The van der Waals surface area contributed by atoms with Gasteiger partial charge < -0.3 is 9.84 Å². The lowest BCUT2D eigenvalue weighted by Gasteiger charge is -2.13. The van der Waals surface area contributed by atoms with Crippen LogP contribution in [0.15, 0.2) is 40.9 Å². The van der Waals surface area contributed by atoms with Crippen LogP contribution >= 0.6 is 27.5 Å². The molecule has 1 N–H and O–H groups in total. The van der Waals surface area contributed by atoms with Crippen molar-refractivity contribution in [1.82, 2.24) is 0 Å². The summed E-state index contributed by atoms with van der Waals surface area (Å²) in [6, 6.07) is 11.4. The largest absolute Gasteiger partial charge is 0.496 e. The van der Waals surface area contributed by atoms with Gasteiger partial charge >= 0.3 is 0 Å². The highest BCUT2D eigenvalue weighted by molar-refractivity contribution is 9.10. The van der Waals surface area contributed by atoms with Crippen LogP contribution in [-0.4, -0.2) is 12.2 Å². The summed E-state index contributed by atoms with van der Waals surface area (Å²) in [7, 11) is 1.63. The summed E-state index contributed by atoms with van der Waals surface area (Å²) >= 11 is 9.54. The molecule has 0 aromatic heterocycles. The molecule has 0 aliphatic heterocycles. The van der Waals surface area contributed by atoms with E-state index in [4.69, 9.17) is 16.3 Å². The molecule has 0 aliphatic rings. The zero-order valence-corrected chi connectivity index (χ0v) is 13.7. The molecule has 4 heteroatoms. The van der Waals surface area contributed by atoms with Crippen molar-refractivity contribution in [3.63, 3.8) is 0 Å². The Morgan fingerprint density at radius 1 is 1.25 bits per heavy atom. The van der Waals surface area contributed by atoms with E-state index in [1.807, 2.05) is 43.3 Å². The first-order chi connectivity index (χ1) is 9.51. The van der Waals surface area contributed by atoms with E-state index in [2.05, 4.69) is 15.9 Å². The highest BCUT2D eigenvalue weighted by Gasteiger charge is 2.11. The van der Waals surface area contributed by atoms with Gasteiger partial charge in [-0.1, -0.05) is 29.8 Å². The molecule has 2 nitrogen and oxygen atoms in total. The number of aryl methyl sites for hydroxylation is 1. The Morgan fingerprint density at radius 2 is 2.00 bits per heavy atom. The molecule has 2 aromatic carbocycles. The van der Waals surface area contributed by atoms with E-state index >= 15 is 0 Å². The number of hydrogen-bond acceptors (Lipinski definition) is 2. The van der Waals surface area contributed by atoms with Crippen LogP contribution in [0.1, 0.15) is 22.8 Å². The van der Waals surface area contributed by atoms with Crippen LogP contribution in [-0.2, 0) is 6.42 Å². The quantitative estimate of drug-likeness (QED) is 0.861. The van der Waals surface area contributed by atoms with Crippen molar-refractivity contribution in [2.75, 3.05) is 7.11 Å². The van der Waals surface area contributed by atoms with Gasteiger partial charge in [0.1, 0.15) is 5.75 Å². The molecular weight excluding hydrogens is 340 g/mol. The molecule has 0 heterocycles. The van der Waals surface area contributed by atoms with Gasteiger partial charge in [-0.05, 0) is 57.7 Å². The summed E-state index contributed by atoms with van der Waals surface area (Å²) in [6.45, 7) is 1.94. The molecule has 0 bridgehead atoms. The number of benzene rings is 2. The lowest BCUT2D eigenvalue weighted by molar-refractivity contribution is 0.178. The number of halogens is 2. The molecule has 0 fully saturated rings. The second-order valence-electron chi connectivity index (χ2n) is 4.70. The second-order valence-corrected chi connectivity index (χ2v) is 5.96. The minimum Gasteiger partial charge on any atom is -0.496 e. The summed E-state index contributed by atoms with van der Waals surface area (Å²) in [5, 5.41) is 11.0. The van der Waals surface area contributed by atoms with Gasteiger partial charge in [-0.25, -0.2) is 0 Å². The first-order valence-electron chi connectivity index (χ1n) is 6.28. The Labute approximate surface area is 132 Å². The monoisotopic (exact) mass is 354 g/mol. The lowest BCUT2D eigenvalue weighted by Crippen LogP contribution is -2.02. The van der Waals surface area contributed by atoms with Gasteiger partial charge in [0.2, 0.25) is 0 Å². The first-order valence-corrected chi connectivity index (χ1v) is 7.45. The molecule has 2 aromatic rings. The van der Waals surface area contributed by atoms with Crippen molar-refractivity contribution in [1.29, 1.82) is 0 Å². The third-order valence-corrected chi connectivity index (χ3v) is 4.25. The van der Waals surface area contributed by atoms with Crippen molar-refractivity contribution >= 4 is 27.5 Å². The number of methoxy groups -OCH3 is 1. The molecule has 2 rings (SSSR count). The molecule has 20 heavy (non-hydrogen) atoms. The van der Waals surface area contributed by atoms with E-state index in [0.29, 0.717) is 11.4 Å². The van der Waals surface area contributed by atoms with Crippen molar-refractivity contribution in [2.24, 2.45) is 0 Å². The maximum Gasteiger partial charge on any atom is 0.133 e. The highest BCUT2D eigenvalue weighted by Crippen LogP contribution is 2.28. The van der Waals surface area contributed by atoms with E-state index in [9.17, 15) is 5.11 Å². The smallest absolute Gasteiger partial charge is 0.133 e. The molecule has 0 amide bonds. The van der Waals surface area contributed by atoms with Gasteiger partial charge in [0.15, 0.2) is 0 Å². The predicted molar refractivity (Wildman–Crippen MR) is 85.5 cm³/mol. The van der Waals surface area contributed by atoms with Crippen molar-refractivity contribution < 1.29 is 9.84 Å². The topological polar surface area (TPSA) is 29.5 Å². The molecule has 0 spiro atoms.